The van der Waals surface area contributed by atoms with Crippen LogP contribution in [0.4, 0.5) is 4.39 Å². The Labute approximate surface area is 146 Å². The third kappa shape index (κ3) is 5.62. The van der Waals surface area contributed by atoms with Gasteiger partial charge in [-0.25, -0.2) is 22.1 Å². The molecule has 1 aromatic heterocycles. The normalized spacial score (nSPS) is 12.0. The fourth-order valence-electron chi connectivity index (χ4n) is 2.27. The molecule has 0 radical (unpaired) electrons. The van der Waals surface area contributed by atoms with Crippen molar-refractivity contribution in [2.75, 3.05) is 25.9 Å². The van der Waals surface area contributed by atoms with E-state index in [0.717, 1.165) is 29.2 Å². The lowest BCUT2D eigenvalue weighted by molar-refractivity contribution is 0.419. The van der Waals surface area contributed by atoms with Crippen molar-refractivity contribution in [1.82, 2.24) is 14.6 Å². The molecule has 0 unspecified atom stereocenters. The molecule has 1 heterocycles. The molecule has 8 heteroatoms. The van der Waals surface area contributed by atoms with Gasteiger partial charge in [0.05, 0.1) is 11.9 Å². The minimum absolute atomic E-state index is 0.257. The lowest BCUT2D eigenvalue weighted by Crippen LogP contribution is -2.32. The second kappa shape index (κ2) is 8.66. The second-order valence-corrected chi connectivity index (χ2v) is 8.28. The van der Waals surface area contributed by atoms with Crippen LogP contribution in [0.3, 0.4) is 0 Å². The van der Waals surface area contributed by atoms with Crippen molar-refractivity contribution < 1.29 is 12.8 Å². The van der Waals surface area contributed by atoms with Crippen LogP contribution in [0.25, 0.3) is 10.6 Å². The van der Waals surface area contributed by atoms with Crippen molar-refractivity contribution in [3.05, 3.63) is 41.2 Å². The number of thiazole rings is 1. The number of hydrogen-bond acceptors (Lipinski definition) is 5. The summed E-state index contributed by atoms with van der Waals surface area (Å²) in [4.78, 5) is 4.53. The molecule has 0 amide bonds. The van der Waals surface area contributed by atoms with Crippen LogP contribution in [0.15, 0.2) is 29.6 Å². The summed E-state index contributed by atoms with van der Waals surface area (Å²) in [7, 11) is -3.12. The monoisotopic (exact) mass is 371 g/mol. The summed E-state index contributed by atoms with van der Waals surface area (Å²) in [5, 5.41) is 6.10. The molecule has 5 nitrogen and oxygen atoms in total. The van der Waals surface area contributed by atoms with Crippen LogP contribution in [0.1, 0.15) is 19.0 Å². The van der Waals surface area contributed by atoms with Gasteiger partial charge in [-0.1, -0.05) is 6.92 Å². The zero-order chi connectivity index (χ0) is 17.6. The van der Waals surface area contributed by atoms with Crippen LogP contribution in [-0.2, 0) is 16.6 Å². The van der Waals surface area contributed by atoms with Crippen molar-refractivity contribution in [2.24, 2.45) is 0 Å². The van der Waals surface area contributed by atoms with Crippen molar-refractivity contribution in [1.29, 1.82) is 0 Å². The van der Waals surface area contributed by atoms with Crippen LogP contribution < -0.4 is 5.32 Å². The zero-order valence-corrected chi connectivity index (χ0v) is 15.5. The fraction of sp³-hybridized carbons (Fsp3) is 0.438. The number of benzene rings is 1. The summed E-state index contributed by atoms with van der Waals surface area (Å²) < 4.78 is 37.4. The molecular weight excluding hydrogens is 349 g/mol. The van der Waals surface area contributed by atoms with Gasteiger partial charge in [-0.15, -0.1) is 11.3 Å². The molecule has 132 valence electrons. The topological polar surface area (TPSA) is 62.3 Å². The maximum absolute atomic E-state index is 12.9. The predicted octanol–water partition coefficient (Wildman–Crippen LogP) is 2.71. The molecule has 1 aromatic carbocycles. The molecule has 24 heavy (non-hydrogen) atoms. The Hall–Kier alpha value is -1.35. The predicted molar refractivity (Wildman–Crippen MR) is 95.9 cm³/mol. The number of nitrogens with zero attached hydrogens (tertiary/aromatic N) is 2. The van der Waals surface area contributed by atoms with Gasteiger partial charge >= 0.3 is 0 Å². The van der Waals surface area contributed by atoms with Crippen molar-refractivity contribution in [3.8, 4) is 10.6 Å². The smallest absolute Gasteiger partial charge is 0.211 e. The highest BCUT2D eigenvalue weighted by molar-refractivity contribution is 7.88. The van der Waals surface area contributed by atoms with E-state index in [-0.39, 0.29) is 5.82 Å². The molecule has 0 saturated carbocycles. The molecule has 0 saturated heterocycles. The molecular formula is C16H22FN3O2S2. The molecule has 0 aliphatic heterocycles. The maximum Gasteiger partial charge on any atom is 0.211 e. The number of sulfonamides is 1. The molecule has 2 rings (SSSR count). The first-order valence-corrected chi connectivity index (χ1v) is 10.5. The van der Waals surface area contributed by atoms with Gasteiger partial charge < -0.3 is 5.32 Å². The molecule has 0 aliphatic carbocycles. The summed E-state index contributed by atoms with van der Waals surface area (Å²) in [5.74, 6) is -0.257. The Kier molecular flexibility index (Phi) is 6.85. The first-order valence-electron chi connectivity index (χ1n) is 7.76. The fourth-order valence-corrected chi connectivity index (χ4v) is 4.02. The van der Waals surface area contributed by atoms with Crippen LogP contribution in [0, 0.1) is 5.82 Å². The van der Waals surface area contributed by atoms with E-state index in [1.54, 1.807) is 12.1 Å². The van der Waals surface area contributed by atoms with Gasteiger partial charge in [-0.3, -0.25) is 0 Å². The third-order valence-corrected chi connectivity index (χ3v) is 5.85. The molecule has 0 bridgehead atoms. The highest BCUT2D eigenvalue weighted by atomic mass is 32.2. The lowest BCUT2D eigenvalue weighted by Gasteiger charge is -2.17. The van der Waals surface area contributed by atoms with Gasteiger partial charge in [-0.05, 0) is 37.2 Å². The summed E-state index contributed by atoms with van der Waals surface area (Å²) in [6, 6.07) is 6.29. The summed E-state index contributed by atoms with van der Waals surface area (Å²) >= 11 is 1.52. The van der Waals surface area contributed by atoms with E-state index in [1.807, 2.05) is 12.3 Å². The van der Waals surface area contributed by atoms with Gasteiger partial charge in [0.25, 0.3) is 0 Å². The average molecular weight is 372 g/mol. The molecule has 0 aliphatic rings. The minimum Gasteiger partial charge on any atom is -0.311 e. The summed E-state index contributed by atoms with van der Waals surface area (Å²) in [5.41, 5.74) is 1.83. The summed E-state index contributed by atoms with van der Waals surface area (Å²) in [6.07, 6.45) is 1.98. The van der Waals surface area contributed by atoms with Crippen molar-refractivity contribution in [2.45, 2.75) is 19.9 Å². The van der Waals surface area contributed by atoms with E-state index in [4.69, 9.17) is 0 Å². The Morgan fingerprint density at radius 2 is 2.00 bits per heavy atom. The van der Waals surface area contributed by atoms with E-state index >= 15 is 0 Å². The van der Waals surface area contributed by atoms with Crippen LogP contribution >= 0.6 is 11.3 Å². The van der Waals surface area contributed by atoms with Crippen LogP contribution in [-0.4, -0.2) is 43.6 Å². The molecule has 0 spiro atoms. The molecule has 1 N–H and O–H groups in total. The highest BCUT2D eigenvalue weighted by Gasteiger charge is 2.13. The average Bonchev–Trinajstić information content (AvgIpc) is 2.99. The maximum atomic E-state index is 12.9. The first-order chi connectivity index (χ1) is 11.4. The number of rotatable bonds is 9. The van der Waals surface area contributed by atoms with Gasteiger partial charge in [0, 0.05) is 30.6 Å². The van der Waals surface area contributed by atoms with Crippen LogP contribution in [0.5, 0.6) is 0 Å². The number of aromatic nitrogens is 1. The van der Waals surface area contributed by atoms with Crippen molar-refractivity contribution >= 4 is 21.4 Å². The van der Waals surface area contributed by atoms with E-state index in [1.165, 1.54) is 34.0 Å². The lowest BCUT2D eigenvalue weighted by atomic mass is 10.2. The Morgan fingerprint density at radius 3 is 2.62 bits per heavy atom. The second-order valence-electron chi connectivity index (χ2n) is 5.44. The molecule has 2 aromatic rings. The quantitative estimate of drug-likeness (QED) is 0.689. The van der Waals surface area contributed by atoms with Gasteiger partial charge in [0.15, 0.2) is 0 Å². The Morgan fingerprint density at radius 1 is 1.29 bits per heavy atom. The Bertz CT molecular complexity index is 745. The molecule has 0 atom stereocenters. The first kappa shape index (κ1) is 19.0. The van der Waals surface area contributed by atoms with E-state index in [9.17, 15) is 12.8 Å². The number of hydrogen-bond donors (Lipinski definition) is 1. The third-order valence-electron chi connectivity index (χ3n) is 3.53. The van der Waals surface area contributed by atoms with Crippen molar-refractivity contribution in [3.63, 3.8) is 0 Å². The SMILES string of the molecule is CCN(CCCNCc1csc(-c2ccc(F)cc2)n1)S(C)(=O)=O. The van der Waals surface area contributed by atoms with Gasteiger partial charge in [0.1, 0.15) is 10.8 Å². The largest absolute Gasteiger partial charge is 0.311 e. The highest BCUT2D eigenvalue weighted by Crippen LogP contribution is 2.23. The zero-order valence-electron chi connectivity index (χ0n) is 13.8. The minimum atomic E-state index is -3.12. The van der Waals surface area contributed by atoms with E-state index in [2.05, 4.69) is 10.3 Å². The van der Waals surface area contributed by atoms with E-state index < -0.39 is 10.0 Å². The van der Waals surface area contributed by atoms with Crippen LogP contribution in [0.2, 0.25) is 0 Å². The number of nitrogens with one attached hydrogen (secondary N) is 1. The molecule has 0 fully saturated rings. The standard InChI is InChI=1S/C16H22FN3O2S2/c1-3-20(24(2,21)22)10-4-9-18-11-15-12-23-16(19-15)13-5-7-14(17)8-6-13/h5-8,12,18H,3-4,9-11H2,1-2H3. The summed E-state index contributed by atoms with van der Waals surface area (Å²) in [6.45, 7) is 4.19. The number of halogens is 1. The Balaban J connectivity index is 1.77. The van der Waals surface area contributed by atoms with Gasteiger partial charge in [-0.2, -0.15) is 0 Å². The van der Waals surface area contributed by atoms with E-state index in [0.29, 0.717) is 19.6 Å². The van der Waals surface area contributed by atoms with Gasteiger partial charge in [0.2, 0.25) is 10.0 Å².